The van der Waals surface area contributed by atoms with E-state index in [9.17, 15) is 4.79 Å². The molecule has 0 spiro atoms. The third-order valence-electron chi connectivity index (χ3n) is 6.99. The number of amides is 1. The van der Waals surface area contributed by atoms with Crippen LogP contribution in [0.5, 0.6) is 5.75 Å². The number of hydrogen-bond donors (Lipinski definition) is 0. The van der Waals surface area contributed by atoms with Gasteiger partial charge in [0, 0.05) is 28.7 Å². The number of carbonyl (C=O) groups excluding carboxylic acids is 1. The number of halogens is 1. The molecule has 0 bridgehead atoms. The second-order valence-corrected chi connectivity index (χ2v) is 10.1. The Hall–Kier alpha value is -3.63. The molecule has 0 unspecified atom stereocenters. The summed E-state index contributed by atoms with van der Waals surface area (Å²) >= 11 is 6.26. The molecule has 188 valence electrons. The summed E-state index contributed by atoms with van der Waals surface area (Å²) in [5, 5.41) is 0.585. The Morgan fingerprint density at radius 3 is 2.38 bits per heavy atom. The molecular weight excluding hydrogens is 480 g/mol. The van der Waals surface area contributed by atoms with Gasteiger partial charge in [0.2, 0.25) is 0 Å². The number of aromatic nitrogens is 1. The molecule has 4 nitrogen and oxygen atoms in total. The zero-order valence-corrected chi connectivity index (χ0v) is 21.6. The minimum absolute atomic E-state index is 0.0993. The summed E-state index contributed by atoms with van der Waals surface area (Å²) in [7, 11) is 0. The minimum atomic E-state index is -0.0993. The van der Waals surface area contributed by atoms with Gasteiger partial charge in [0.15, 0.2) is 0 Å². The summed E-state index contributed by atoms with van der Waals surface area (Å²) in [6, 6.07) is 27.4. The summed E-state index contributed by atoms with van der Waals surface area (Å²) in [4.78, 5) is 19.5. The van der Waals surface area contributed by atoms with Crippen molar-refractivity contribution in [3.63, 3.8) is 0 Å². The highest BCUT2D eigenvalue weighted by Gasteiger charge is 2.19. The zero-order valence-electron chi connectivity index (χ0n) is 20.9. The fraction of sp³-hybridized carbons (Fsp3) is 0.250. The van der Waals surface area contributed by atoms with Crippen molar-refractivity contribution in [2.24, 2.45) is 0 Å². The molecule has 0 N–H and O–H groups in total. The zero-order chi connectivity index (χ0) is 25.5. The SMILES string of the molecule is O=C(c1cccc(COc2ccc(C3CCCCC3)cc2)c1)N(Cc1ccncc1)c1cccc(Cl)c1. The van der Waals surface area contributed by atoms with Crippen LogP contribution in [0.25, 0.3) is 0 Å². The topological polar surface area (TPSA) is 42.4 Å². The molecule has 37 heavy (non-hydrogen) atoms. The normalized spacial score (nSPS) is 13.8. The minimum Gasteiger partial charge on any atom is -0.489 e. The van der Waals surface area contributed by atoms with Crippen molar-refractivity contribution < 1.29 is 9.53 Å². The van der Waals surface area contributed by atoms with E-state index in [2.05, 4.69) is 29.2 Å². The highest BCUT2D eigenvalue weighted by atomic mass is 35.5. The lowest BCUT2D eigenvalue weighted by atomic mass is 9.84. The number of pyridine rings is 1. The van der Waals surface area contributed by atoms with Gasteiger partial charge < -0.3 is 9.64 Å². The molecule has 1 aromatic heterocycles. The number of benzene rings is 3. The van der Waals surface area contributed by atoms with Gasteiger partial charge in [0.1, 0.15) is 12.4 Å². The van der Waals surface area contributed by atoms with E-state index in [1.165, 1.54) is 37.7 Å². The van der Waals surface area contributed by atoms with Gasteiger partial charge in [-0.1, -0.05) is 61.2 Å². The Morgan fingerprint density at radius 1 is 0.865 bits per heavy atom. The predicted octanol–water partition coefficient (Wildman–Crippen LogP) is 8.21. The lowest BCUT2D eigenvalue weighted by Crippen LogP contribution is -2.30. The fourth-order valence-corrected chi connectivity index (χ4v) is 5.17. The first-order valence-electron chi connectivity index (χ1n) is 12.9. The quantitative estimate of drug-likeness (QED) is 0.240. The standard InChI is InChI=1S/C32H31ClN2O2/c33-29-10-5-11-30(21-29)35(22-24-16-18-34-19-17-24)32(36)28-9-4-6-25(20-28)23-37-31-14-12-27(13-15-31)26-7-2-1-3-8-26/h4-6,9-21,26H,1-3,7-8,22-23H2. The van der Waals surface area contributed by atoms with E-state index in [1.807, 2.05) is 54.6 Å². The van der Waals surface area contributed by atoms with E-state index < -0.39 is 0 Å². The number of hydrogen-bond acceptors (Lipinski definition) is 3. The van der Waals surface area contributed by atoms with E-state index in [1.54, 1.807) is 23.4 Å². The van der Waals surface area contributed by atoms with Gasteiger partial charge in [-0.25, -0.2) is 0 Å². The Kier molecular flexibility index (Phi) is 8.17. The number of carbonyl (C=O) groups is 1. The Labute approximate surface area is 223 Å². The molecule has 1 heterocycles. The number of ether oxygens (including phenoxy) is 1. The molecule has 5 rings (SSSR count). The Morgan fingerprint density at radius 2 is 1.62 bits per heavy atom. The molecule has 4 aromatic rings. The molecule has 1 aliphatic carbocycles. The van der Waals surface area contributed by atoms with Crippen LogP contribution in [0.2, 0.25) is 5.02 Å². The van der Waals surface area contributed by atoms with Crippen LogP contribution in [0.15, 0.2) is 97.3 Å². The Bertz CT molecular complexity index is 1320. The van der Waals surface area contributed by atoms with Gasteiger partial charge in [0.25, 0.3) is 5.91 Å². The first kappa shape index (κ1) is 25.0. The number of rotatable bonds is 8. The average Bonchev–Trinajstić information content (AvgIpc) is 2.96. The van der Waals surface area contributed by atoms with Gasteiger partial charge in [-0.3, -0.25) is 9.78 Å². The molecule has 1 fully saturated rings. The predicted molar refractivity (Wildman–Crippen MR) is 149 cm³/mol. The summed E-state index contributed by atoms with van der Waals surface area (Å²) in [5.41, 5.74) is 4.68. The van der Waals surface area contributed by atoms with Crippen LogP contribution < -0.4 is 9.64 Å². The van der Waals surface area contributed by atoms with Crippen LogP contribution in [0.4, 0.5) is 5.69 Å². The molecule has 1 amide bonds. The lowest BCUT2D eigenvalue weighted by molar-refractivity contribution is 0.0985. The van der Waals surface area contributed by atoms with Crippen molar-refractivity contribution in [1.82, 2.24) is 4.98 Å². The van der Waals surface area contributed by atoms with Crippen molar-refractivity contribution in [1.29, 1.82) is 0 Å². The van der Waals surface area contributed by atoms with Gasteiger partial charge in [-0.15, -0.1) is 0 Å². The molecular formula is C32H31ClN2O2. The third-order valence-corrected chi connectivity index (χ3v) is 7.23. The van der Waals surface area contributed by atoms with Crippen LogP contribution >= 0.6 is 11.6 Å². The van der Waals surface area contributed by atoms with Crippen LogP contribution in [0.1, 0.15) is 65.1 Å². The Balaban J connectivity index is 1.29. The van der Waals surface area contributed by atoms with Gasteiger partial charge in [-0.2, -0.15) is 0 Å². The summed E-state index contributed by atoms with van der Waals surface area (Å²) < 4.78 is 6.08. The summed E-state index contributed by atoms with van der Waals surface area (Å²) in [6.07, 6.45) is 10.1. The van der Waals surface area contributed by atoms with Gasteiger partial charge in [-0.05, 0) is 90.0 Å². The molecule has 1 aliphatic rings. The van der Waals surface area contributed by atoms with E-state index >= 15 is 0 Å². The molecule has 1 saturated carbocycles. The van der Waals surface area contributed by atoms with Crippen molar-refractivity contribution in [3.05, 3.63) is 125 Å². The highest BCUT2D eigenvalue weighted by molar-refractivity contribution is 6.31. The summed E-state index contributed by atoms with van der Waals surface area (Å²) in [6.45, 7) is 0.807. The number of anilines is 1. The second-order valence-electron chi connectivity index (χ2n) is 9.62. The van der Waals surface area contributed by atoms with Crippen LogP contribution in [-0.4, -0.2) is 10.9 Å². The van der Waals surface area contributed by atoms with Crippen molar-refractivity contribution in [2.45, 2.75) is 51.2 Å². The van der Waals surface area contributed by atoms with Gasteiger partial charge >= 0.3 is 0 Å². The van der Waals surface area contributed by atoms with Crippen molar-refractivity contribution >= 4 is 23.2 Å². The smallest absolute Gasteiger partial charge is 0.258 e. The first-order valence-corrected chi connectivity index (χ1v) is 13.3. The first-order chi connectivity index (χ1) is 18.2. The van der Waals surface area contributed by atoms with E-state index in [0.717, 1.165) is 22.6 Å². The number of nitrogens with zero attached hydrogens (tertiary/aromatic N) is 2. The van der Waals surface area contributed by atoms with E-state index in [0.29, 0.717) is 29.7 Å². The van der Waals surface area contributed by atoms with Gasteiger partial charge in [0.05, 0.1) is 6.54 Å². The lowest BCUT2D eigenvalue weighted by Gasteiger charge is -2.24. The average molecular weight is 511 g/mol. The summed E-state index contributed by atoms with van der Waals surface area (Å²) in [5.74, 6) is 1.42. The molecule has 3 aromatic carbocycles. The molecule has 0 radical (unpaired) electrons. The highest BCUT2D eigenvalue weighted by Crippen LogP contribution is 2.33. The van der Waals surface area contributed by atoms with Crippen molar-refractivity contribution in [3.8, 4) is 5.75 Å². The van der Waals surface area contributed by atoms with Crippen LogP contribution in [0.3, 0.4) is 0 Å². The largest absolute Gasteiger partial charge is 0.489 e. The van der Waals surface area contributed by atoms with E-state index in [4.69, 9.17) is 16.3 Å². The maximum atomic E-state index is 13.7. The molecule has 0 atom stereocenters. The monoisotopic (exact) mass is 510 g/mol. The van der Waals surface area contributed by atoms with Crippen LogP contribution in [-0.2, 0) is 13.2 Å². The van der Waals surface area contributed by atoms with Crippen molar-refractivity contribution in [2.75, 3.05) is 4.90 Å². The van der Waals surface area contributed by atoms with Crippen LogP contribution in [0, 0.1) is 0 Å². The second kappa shape index (κ2) is 12.1. The maximum Gasteiger partial charge on any atom is 0.258 e. The fourth-order valence-electron chi connectivity index (χ4n) is 4.98. The molecule has 5 heteroatoms. The molecule has 0 aliphatic heterocycles. The maximum absolute atomic E-state index is 13.7. The third kappa shape index (κ3) is 6.58. The van der Waals surface area contributed by atoms with E-state index in [-0.39, 0.29) is 5.91 Å². The molecule has 0 saturated heterocycles.